The second kappa shape index (κ2) is 11.2. The summed E-state index contributed by atoms with van der Waals surface area (Å²) in [6.45, 7) is 3.01. The number of amides is 1. The van der Waals surface area contributed by atoms with Crippen LogP contribution in [0.5, 0.6) is 5.75 Å². The number of nitrogens with one attached hydrogen (secondary N) is 1. The number of carbonyl (C=O) groups excluding carboxylic acids is 1. The van der Waals surface area contributed by atoms with Gasteiger partial charge >= 0.3 is 0 Å². The number of nitriles is 1. The molecule has 0 aromatic heterocycles. The molecule has 186 valence electrons. The lowest BCUT2D eigenvalue weighted by molar-refractivity contribution is -0.126. The highest BCUT2D eigenvalue weighted by atomic mass is 32.2. The van der Waals surface area contributed by atoms with E-state index >= 15 is 0 Å². The van der Waals surface area contributed by atoms with Crippen LogP contribution in [0.15, 0.2) is 53.4 Å². The molecule has 1 N–H and O–H groups in total. The third-order valence-electron chi connectivity index (χ3n) is 6.98. The molecule has 8 nitrogen and oxygen atoms in total. The molecule has 9 heteroatoms. The van der Waals surface area contributed by atoms with Crippen LogP contribution in [0.25, 0.3) is 0 Å². The molecular formula is C26H32N4O4S. The standard InChI is InChI=1S/C26H32N4O4S/c1-34-23-9-6-8-21(17-23)24(29-13-4-5-14-29)19-28-26(31)20-11-15-30(16-12-20)35(32,33)25-10-3-2-7-22(25)18-27/h2-3,6-10,17,20,24H,4-5,11-16,19H2,1H3,(H,28,31)/t24-/m1/s1. The zero-order valence-electron chi connectivity index (χ0n) is 20.0. The highest BCUT2D eigenvalue weighted by Crippen LogP contribution is 2.29. The number of rotatable bonds is 8. The number of methoxy groups -OCH3 is 1. The summed E-state index contributed by atoms with van der Waals surface area (Å²) in [6.07, 6.45) is 3.20. The number of nitrogens with zero attached hydrogens (tertiary/aromatic N) is 3. The van der Waals surface area contributed by atoms with Crippen LogP contribution in [0.2, 0.25) is 0 Å². The summed E-state index contributed by atoms with van der Waals surface area (Å²) in [5.74, 6) is 0.522. The predicted molar refractivity (Wildman–Crippen MR) is 132 cm³/mol. The van der Waals surface area contributed by atoms with Crippen molar-refractivity contribution >= 4 is 15.9 Å². The maximum atomic E-state index is 13.1. The van der Waals surface area contributed by atoms with E-state index in [1.165, 1.54) is 16.4 Å². The molecule has 0 saturated carbocycles. The first kappa shape index (κ1) is 25.2. The summed E-state index contributed by atoms with van der Waals surface area (Å²) in [5, 5.41) is 12.4. The van der Waals surface area contributed by atoms with Crippen molar-refractivity contribution in [2.75, 3.05) is 39.8 Å². The van der Waals surface area contributed by atoms with Gasteiger partial charge in [0.1, 0.15) is 11.8 Å². The average molecular weight is 497 g/mol. The zero-order chi connectivity index (χ0) is 24.8. The molecule has 1 atom stereocenters. The van der Waals surface area contributed by atoms with Gasteiger partial charge in [-0.1, -0.05) is 24.3 Å². The van der Waals surface area contributed by atoms with Crippen LogP contribution in [0.1, 0.15) is 42.9 Å². The Balaban J connectivity index is 1.38. The SMILES string of the molecule is COc1cccc([C@@H](CNC(=O)C2CCN(S(=O)(=O)c3ccccc3C#N)CC2)N2CCCC2)c1. The van der Waals surface area contributed by atoms with Crippen molar-refractivity contribution in [3.05, 3.63) is 59.7 Å². The largest absolute Gasteiger partial charge is 0.497 e. The predicted octanol–water partition coefficient (Wildman–Crippen LogP) is 2.92. The first-order valence-electron chi connectivity index (χ1n) is 12.1. The topological polar surface area (TPSA) is 103 Å². The molecule has 2 fully saturated rings. The molecule has 2 aromatic carbocycles. The van der Waals surface area contributed by atoms with E-state index in [-0.39, 0.29) is 41.4 Å². The van der Waals surface area contributed by atoms with Gasteiger partial charge in [0.25, 0.3) is 0 Å². The fourth-order valence-electron chi connectivity index (χ4n) is 4.98. The lowest BCUT2D eigenvalue weighted by Crippen LogP contribution is -2.44. The van der Waals surface area contributed by atoms with Gasteiger partial charge in [0.15, 0.2) is 0 Å². The fraction of sp³-hybridized carbons (Fsp3) is 0.462. The molecule has 0 bridgehead atoms. The minimum atomic E-state index is -3.77. The van der Waals surface area contributed by atoms with Crippen LogP contribution in [0, 0.1) is 17.2 Å². The molecule has 0 unspecified atom stereocenters. The van der Waals surface area contributed by atoms with Gasteiger partial charge in [0.05, 0.1) is 23.6 Å². The number of hydrogen-bond donors (Lipinski definition) is 1. The Labute approximate surface area is 207 Å². The smallest absolute Gasteiger partial charge is 0.244 e. The molecule has 0 spiro atoms. The molecule has 1 amide bonds. The van der Waals surface area contributed by atoms with E-state index in [2.05, 4.69) is 16.3 Å². The molecule has 4 rings (SSSR count). The Morgan fingerprint density at radius 1 is 1.11 bits per heavy atom. The zero-order valence-corrected chi connectivity index (χ0v) is 20.8. The first-order chi connectivity index (χ1) is 16.9. The molecular weight excluding hydrogens is 464 g/mol. The molecule has 2 aromatic rings. The summed E-state index contributed by atoms with van der Waals surface area (Å²) in [6, 6.07) is 16.2. The average Bonchev–Trinajstić information content (AvgIpc) is 3.43. The summed E-state index contributed by atoms with van der Waals surface area (Å²) in [5.41, 5.74) is 1.25. The first-order valence-corrected chi connectivity index (χ1v) is 13.5. The van der Waals surface area contributed by atoms with Gasteiger partial charge in [-0.3, -0.25) is 9.69 Å². The maximum Gasteiger partial charge on any atom is 0.244 e. The summed E-state index contributed by atoms with van der Waals surface area (Å²) in [4.78, 5) is 15.5. The third kappa shape index (κ3) is 5.67. The van der Waals surface area contributed by atoms with E-state index in [1.54, 1.807) is 19.2 Å². The molecule has 2 saturated heterocycles. The van der Waals surface area contributed by atoms with Gasteiger partial charge in [-0.25, -0.2) is 8.42 Å². The third-order valence-corrected chi connectivity index (χ3v) is 8.94. The normalized spacial score (nSPS) is 18.6. The highest BCUT2D eigenvalue weighted by Gasteiger charge is 2.34. The second-order valence-electron chi connectivity index (χ2n) is 9.07. The number of ether oxygens (including phenoxy) is 1. The summed E-state index contributed by atoms with van der Waals surface area (Å²) >= 11 is 0. The van der Waals surface area contributed by atoms with Crippen LogP contribution in [0.3, 0.4) is 0 Å². The van der Waals surface area contributed by atoms with Crippen LogP contribution in [0.4, 0.5) is 0 Å². The Morgan fingerprint density at radius 3 is 2.51 bits per heavy atom. The molecule has 2 heterocycles. The number of benzene rings is 2. The van der Waals surface area contributed by atoms with Gasteiger partial charge in [-0.15, -0.1) is 0 Å². The minimum absolute atomic E-state index is 0.0251. The molecule has 0 aliphatic carbocycles. The van der Waals surface area contributed by atoms with Gasteiger partial charge in [-0.2, -0.15) is 9.57 Å². The van der Waals surface area contributed by atoms with E-state index in [9.17, 15) is 18.5 Å². The Morgan fingerprint density at radius 2 is 1.83 bits per heavy atom. The van der Waals surface area contributed by atoms with Crippen molar-refractivity contribution in [1.29, 1.82) is 5.26 Å². The van der Waals surface area contributed by atoms with Gasteiger partial charge in [0.2, 0.25) is 15.9 Å². The van der Waals surface area contributed by atoms with Crippen molar-refractivity contribution in [2.45, 2.75) is 36.6 Å². The van der Waals surface area contributed by atoms with E-state index in [0.29, 0.717) is 19.4 Å². The van der Waals surface area contributed by atoms with E-state index in [0.717, 1.165) is 37.2 Å². The van der Waals surface area contributed by atoms with Crippen LogP contribution >= 0.6 is 0 Å². The highest BCUT2D eigenvalue weighted by molar-refractivity contribution is 7.89. The van der Waals surface area contributed by atoms with E-state index in [1.807, 2.05) is 24.3 Å². The quantitative estimate of drug-likeness (QED) is 0.603. The monoisotopic (exact) mass is 496 g/mol. The molecule has 2 aliphatic heterocycles. The molecule has 35 heavy (non-hydrogen) atoms. The van der Waals surface area contributed by atoms with Gasteiger partial charge in [-0.05, 0) is 68.6 Å². The van der Waals surface area contributed by atoms with Crippen molar-refractivity contribution in [3.8, 4) is 11.8 Å². The number of hydrogen-bond acceptors (Lipinski definition) is 6. The lowest BCUT2D eigenvalue weighted by atomic mass is 9.97. The van der Waals surface area contributed by atoms with E-state index < -0.39 is 10.0 Å². The number of sulfonamides is 1. The lowest BCUT2D eigenvalue weighted by Gasteiger charge is -2.32. The Kier molecular flexibility index (Phi) is 8.06. The van der Waals surface area contributed by atoms with Crippen molar-refractivity contribution < 1.29 is 17.9 Å². The Bertz CT molecular complexity index is 1180. The van der Waals surface area contributed by atoms with Crippen molar-refractivity contribution in [2.24, 2.45) is 5.92 Å². The number of carbonyl (C=O) groups is 1. The molecule has 2 aliphatic rings. The van der Waals surface area contributed by atoms with Gasteiger partial charge < -0.3 is 10.1 Å². The second-order valence-corrected chi connectivity index (χ2v) is 11.0. The van der Waals surface area contributed by atoms with Crippen LogP contribution < -0.4 is 10.1 Å². The van der Waals surface area contributed by atoms with Crippen molar-refractivity contribution in [1.82, 2.24) is 14.5 Å². The number of piperidine rings is 1. The fourth-order valence-corrected chi connectivity index (χ4v) is 6.59. The summed E-state index contributed by atoms with van der Waals surface area (Å²) < 4.78 is 32.9. The molecule has 0 radical (unpaired) electrons. The summed E-state index contributed by atoms with van der Waals surface area (Å²) in [7, 11) is -2.12. The van der Waals surface area contributed by atoms with Crippen molar-refractivity contribution in [3.63, 3.8) is 0 Å². The Hall–Kier alpha value is -2.93. The van der Waals surface area contributed by atoms with Crippen LogP contribution in [-0.2, 0) is 14.8 Å². The minimum Gasteiger partial charge on any atom is -0.497 e. The van der Waals surface area contributed by atoms with E-state index in [4.69, 9.17) is 4.74 Å². The van der Waals surface area contributed by atoms with Gasteiger partial charge in [0, 0.05) is 25.6 Å². The maximum absolute atomic E-state index is 13.1. The van der Waals surface area contributed by atoms with Crippen LogP contribution in [-0.4, -0.2) is 63.4 Å². The number of likely N-dealkylation sites (tertiary alicyclic amines) is 1.